The molecule has 15 heavy (non-hydrogen) atoms. The summed E-state index contributed by atoms with van der Waals surface area (Å²) < 4.78 is 0. The van der Waals surface area contributed by atoms with Gasteiger partial charge in [0.25, 0.3) is 0 Å². The first-order valence-electron chi connectivity index (χ1n) is 4.44. The lowest BCUT2D eigenvalue weighted by Gasteiger charge is -2.27. The number of nitrogens with one attached hydrogen (secondary N) is 3. The van der Waals surface area contributed by atoms with Gasteiger partial charge in [0.15, 0.2) is 0 Å². The van der Waals surface area contributed by atoms with Gasteiger partial charge in [-0.3, -0.25) is 20.5 Å². The number of rotatable bonds is 2. The SMILES string of the molecule is [C-]#[N+][C@H]1CNCCN1C(=O)NC=NC=N. The molecule has 0 unspecified atom stereocenters. The fraction of sp³-hybridized carbons (Fsp3) is 0.500. The Morgan fingerprint density at radius 1 is 1.80 bits per heavy atom. The Morgan fingerprint density at radius 3 is 3.27 bits per heavy atom. The molecule has 0 spiro atoms. The molecule has 1 fully saturated rings. The first kappa shape index (κ1) is 11.1. The van der Waals surface area contributed by atoms with Crippen molar-refractivity contribution < 1.29 is 4.79 Å². The highest BCUT2D eigenvalue weighted by molar-refractivity contribution is 5.88. The fourth-order valence-corrected chi connectivity index (χ4v) is 1.25. The Kier molecular flexibility index (Phi) is 4.25. The van der Waals surface area contributed by atoms with Crippen LogP contribution in [0.15, 0.2) is 4.99 Å². The van der Waals surface area contributed by atoms with Gasteiger partial charge in [0.05, 0.1) is 12.9 Å². The molecule has 0 aromatic carbocycles. The number of nitrogens with zero attached hydrogens (tertiary/aromatic N) is 3. The Hall–Kier alpha value is -1.94. The highest BCUT2D eigenvalue weighted by atomic mass is 16.2. The van der Waals surface area contributed by atoms with E-state index in [1.54, 1.807) is 0 Å². The van der Waals surface area contributed by atoms with Crippen LogP contribution in [0.3, 0.4) is 0 Å². The predicted molar refractivity (Wildman–Crippen MR) is 55.8 cm³/mol. The molecule has 0 saturated carbocycles. The first-order chi connectivity index (χ1) is 7.29. The van der Waals surface area contributed by atoms with E-state index in [9.17, 15) is 4.79 Å². The molecule has 0 aliphatic carbocycles. The van der Waals surface area contributed by atoms with Gasteiger partial charge in [0.1, 0.15) is 6.34 Å². The highest BCUT2D eigenvalue weighted by Gasteiger charge is 2.29. The van der Waals surface area contributed by atoms with Crippen molar-refractivity contribution in [3.63, 3.8) is 0 Å². The third-order valence-electron chi connectivity index (χ3n) is 1.96. The van der Waals surface area contributed by atoms with Crippen LogP contribution in [0.2, 0.25) is 0 Å². The number of hydrogen-bond donors (Lipinski definition) is 3. The molecular weight excluding hydrogens is 196 g/mol. The van der Waals surface area contributed by atoms with Crippen LogP contribution in [0.5, 0.6) is 0 Å². The molecule has 80 valence electrons. The summed E-state index contributed by atoms with van der Waals surface area (Å²) in [5.74, 6) is 0. The lowest BCUT2D eigenvalue weighted by atomic mass is 10.3. The maximum Gasteiger partial charge on any atom is 0.328 e. The van der Waals surface area contributed by atoms with Crippen molar-refractivity contribution in [1.82, 2.24) is 15.5 Å². The second-order valence-corrected chi connectivity index (χ2v) is 2.86. The van der Waals surface area contributed by atoms with Gasteiger partial charge in [-0.25, -0.2) is 16.4 Å². The summed E-state index contributed by atoms with van der Waals surface area (Å²) in [7, 11) is 0. The molecule has 3 N–H and O–H groups in total. The molecule has 0 aromatic heterocycles. The molecule has 1 aliphatic heterocycles. The Balaban J connectivity index is 2.53. The topological polar surface area (TPSA) is 84.9 Å². The van der Waals surface area contributed by atoms with Crippen molar-refractivity contribution in [3.8, 4) is 0 Å². The standard InChI is InChI=1S/C8H12N6O/c1-10-7-4-11-2-3-14(7)8(15)13-6-12-5-9/h5-7,11H,2-4H2,(H2,9,12,13,15)/t7-/m1/s1. The highest BCUT2D eigenvalue weighted by Crippen LogP contribution is 2.04. The molecule has 2 amide bonds. The van der Waals surface area contributed by atoms with Gasteiger partial charge < -0.3 is 5.32 Å². The number of carbonyl (C=O) groups is 1. The number of urea groups is 1. The van der Waals surface area contributed by atoms with Gasteiger partial charge in [-0.15, -0.1) is 0 Å². The number of carbonyl (C=O) groups excluding carboxylic acids is 1. The van der Waals surface area contributed by atoms with E-state index < -0.39 is 6.17 Å². The number of amides is 2. The third kappa shape index (κ3) is 3.03. The second kappa shape index (κ2) is 5.72. The molecule has 7 heteroatoms. The quantitative estimate of drug-likeness (QED) is 0.324. The average Bonchev–Trinajstić information content (AvgIpc) is 2.29. The lowest BCUT2D eigenvalue weighted by Crippen LogP contribution is -2.54. The third-order valence-corrected chi connectivity index (χ3v) is 1.96. The van der Waals surface area contributed by atoms with Crippen molar-refractivity contribution in [2.75, 3.05) is 19.6 Å². The van der Waals surface area contributed by atoms with Crippen LogP contribution in [-0.2, 0) is 0 Å². The molecule has 1 atom stereocenters. The zero-order chi connectivity index (χ0) is 11.1. The molecule has 0 bridgehead atoms. The Morgan fingerprint density at radius 2 is 2.60 bits per heavy atom. The summed E-state index contributed by atoms with van der Waals surface area (Å²) in [6.45, 7) is 8.59. The molecule has 1 aliphatic rings. The average molecular weight is 208 g/mol. The van der Waals surface area contributed by atoms with Crippen LogP contribution in [0.1, 0.15) is 0 Å². The van der Waals surface area contributed by atoms with Gasteiger partial charge in [0.2, 0.25) is 0 Å². The Bertz CT molecular complexity index is 307. The number of hydrogen-bond acceptors (Lipinski definition) is 3. The van der Waals surface area contributed by atoms with E-state index in [2.05, 4.69) is 20.5 Å². The van der Waals surface area contributed by atoms with E-state index >= 15 is 0 Å². The van der Waals surface area contributed by atoms with Crippen molar-refractivity contribution in [3.05, 3.63) is 11.4 Å². The van der Waals surface area contributed by atoms with E-state index in [-0.39, 0.29) is 6.03 Å². The van der Waals surface area contributed by atoms with Crippen molar-refractivity contribution in [2.24, 2.45) is 4.99 Å². The van der Waals surface area contributed by atoms with Crippen LogP contribution in [-0.4, -0.2) is 49.4 Å². The molecule has 1 saturated heterocycles. The van der Waals surface area contributed by atoms with Crippen LogP contribution in [0.4, 0.5) is 4.79 Å². The van der Waals surface area contributed by atoms with Crippen LogP contribution in [0.25, 0.3) is 4.85 Å². The van der Waals surface area contributed by atoms with Gasteiger partial charge in [-0.2, -0.15) is 0 Å². The van der Waals surface area contributed by atoms with E-state index in [1.807, 2.05) is 0 Å². The summed E-state index contributed by atoms with van der Waals surface area (Å²) in [4.78, 5) is 19.7. The van der Waals surface area contributed by atoms with E-state index in [0.29, 0.717) is 19.6 Å². The van der Waals surface area contributed by atoms with Crippen LogP contribution in [0, 0.1) is 12.0 Å². The van der Waals surface area contributed by atoms with Gasteiger partial charge in [-0.05, 0) is 0 Å². The molecule has 0 radical (unpaired) electrons. The van der Waals surface area contributed by atoms with Gasteiger partial charge >= 0.3 is 12.2 Å². The second-order valence-electron chi connectivity index (χ2n) is 2.86. The summed E-state index contributed by atoms with van der Waals surface area (Å²) in [6, 6.07) is -0.358. The smallest absolute Gasteiger partial charge is 0.306 e. The van der Waals surface area contributed by atoms with E-state index in [1.165, 1.54) is 4.90 Å². The first-order valence-corrected chi connectivity index (χ1v) is 4.44. The maximum atomic E-state index is 11.5. The monoisotopic (exact) mass is 208 g/mol. The van der Waals surface area contributed by atoms with Crippen molar-refractivity contribution in [2.45, 2.75) is 6.17 Å². The van der Waals surface area contributed by atoms with Crippen LogP contribution >= 0.6 is 0 Å². The van der Waals surface area contributed by atoms with Gasteiger partial charge in [-0.1, -0.05) is 0 Å². The molecule has 0 aromatic rings. The minimum absolute atomic E-state index is 0.358. The minimum Gasteiger partial charge on any atom is -0.306 e. The largest absolute Gasteiger partial charge is 0.328 e. The number of piperazine rings is 1. The minimum atomic E-state index is -0.466. The van der Waals surface area contributed by atoms with E-state index in [0.717, 1.165) is 12.7 Å². The van der Waals surface area contributed by atoms with Crippen LogP contribution < -0.4 is 10.6 Å². The lowest BCUT2D eigenvalue weighted by molar-refractivity contribution is 0.177. The Labute approximate surface area is 87.5 Å². The zero-order valence-electron chi connectivity index (χ0n) is 8.10. The normalized spacial score (nSPS) is 21.0. The fourth-order valence-electron chi connectivity index (χ4n) is 1.25. The predicted octanol–water partition coefficient (Wildman–Crippen LogP) is -0.518. The summed E-state index contributed by atoms with van der Waals surface area (Å²) in [5, 5.41) is 12.0. The summed E-state index contributed by atoms with van der Waals surface area (Å²) >= 11 is 0. The molecular formula is C8H12N6O. The van der Waals surface area contributed by atoms with E-state index in [4.69, 9.17) is 12.0 Å². The number of aliphatic imine (C=N–C) groups is 1. The van der Waals surface area contributed by atoms with Crippen molar-refractivity contribution in [1.29, 1.82) is 5.41 Å². The van der Waals surface area contributed by atoms with Crippen molar-refractivity contribution >= 4 is 18.7 Å². The maximum absolute atomic E-state index is 11.5. The zero-order valence-corrected chi connectivity index (χ0v) is 8.10. The molecule has 1 rings (SSSR count). The molecule has 7 nitrogen and oxygen atoms in total. The summed E-state index contributed by atoms with van der Waals surface area (Å²) in [6.07, 6.45) is 1.50. The van der Waals surface area contributed by atoms with Gasteiger partial charge in [0, 0.05) is 13.1 Å². The molecule has 1 heterocycles. The summed E-state index contributed by atoms with van der Waals surface area (Å²) in [5.41, 5.74) is 0.